The van der Waals surface area contributed by atoms with E-state index in [0.717, 1.165) is 0 Å². The van der Waals surface area contributed by atoms with Crippen LogP contribution in [0, 0.1) is 0 Å². The second-order valence-electron chi connectivity index (χ2n) is 4.12. The van der Waals surface area contributed by atoms with Gasteiger partial charge < -0.3 is 16.2 Å². The fourth-order valence-electron chi connectivity index (χ4n) is 1.75. The first-order valence-corrected chi connectivity index (χ1v) is 5.08. The molecule has 0 bridgehead atoms. The number of hydrogen-bond acceptors (Lipinski definition) is 4. The van der Waals surface area contributed by atoms with E-state index in [4.69, 9.17) is 16.2 Å². The van der Waals surface area contributed by atoms with Crippen LogP contribution in [-0.2, 0) is 10.3 Å². The highest BCUT2D eigenvalue weighted by Gasteiger charge is 2.56. The van der Waals surface area contributed by atoms with Gasteiger partial charge in [0.1, 0.15) is 6.54 Å². The SMILES string of the molecule is C[C@]1(c2cccc(N)c2)OC(N)=NCC1(F)F. The van der Waals surface area contributed by atoms with Gasteiger partial charge in [-0.15, -0.1) is 0 Å². The van der Waals surface area contributed by atoms with Gasteiger partial charge in [-0.25, -0.2) is 4.99 Å². The van der Waals surface area contributed by atoms with Crippen LogP contribution in [0.2, 0.25) is 0 Å². The minimum Gasteiger partial charge on any atom is -0.448 e. The molecule has 0 radical (unpaired) electrons. The lowest BCUT2D eigenvalue weighted by Crippen LogP contribution is -2.53. The number of alkyl halides is 2. The lowest BCUT2D eigenvalue weighted by atomic mass is 9.88. The number of nitrogens with two attached hydrogens (primary N) is 2. The van der Waals surface area contributed by atoms with Gasteiger partial charge in [0.25, 0.3) is 6.02 Å². The van der Waals surface area contributed by atoms with Gasteiger partial charge in [0.2, 0.25) is 0 Å². The van der Waals surface area contributed by atoms with Gasteiger partial charge in [-0.2, -0.15) is 8.78 Å². The van der Waals surface area contributed by atoms with E-state index in [9.17, 15) is 8.78 Å². The maximum atomic E-state index is 13.9. The standard InChI is InChI=1S/C11H13F2N3O/c1-10(7-3-2-4-8(14)5-7)11(12,13)6-16-9(15)17-10/h2-5H,6,14H2,1H3,(H2,15,16)/t10-/m1/s1. The third-order valence-electron chi connectivity index (χ3n) is 2.88. The summed E-state index contributed by atoms with van der Waals surface area (Å²) in [6, 6.07) is 5.96. The van der Waals surface area contributed by atoms with Crippen molar-refractivity contribution in [1.82, 2.24) is 0 Å². The third kappa shape index (κ3) is 1.79. The van der Waals surface area contributed by atoms with Gasteiger partial charge in [0.15, 0.2) is 5.60 Å². The number of nitrogen functional groups attached to an aromatic ring is 1. The first-order valence-electron chi connectivity index (χ1n) is 5.08. The van der Waals surface area contributed by atoms with E-state index >= 15 is 0 Å². The quantitative estimate of drug-likeness (QED) is 0.731. The van der Waals surface area contributed by atoms with E-state index in [1.165, 1.54) is 19.1 Å². The monoisotopic (exact) mass is 241 g/mol. The lowest BCUT2D eigenvalue weighted by molar-refractivity contribution is -0.171. The summed E-state index contributed by atoms with van der Waals surface area (Å²) in [5.41, 5.74) is 9.79. The minimum atomic E-state index is -3.14. The maximum absolute atomic E-state index is 13.9. The van der Waals surface area contributed by atoms with Crippen molar-refractivity contribution in [3.8, 4) is 0 Å². The number of nitrogens with zero attached hydrogens (tertiary/aromatic N) is 1. The van der Waals surface area contributed by atoms with Crippen LogP contribution in [0.1, 0.15) is 12.5 Å². The van der Waals surface area contributed by atoms with Crippen molar-refractivity contribution >= 4 is 11.7 Å². The predicted molar refractivity (Wildman–Crippen MR) is 60.7 cm³/mol. The minimum absolute atomic E-state index is 0.235. The van der Waals surface area contributed by atoms with Gasteiger partial charge in [-0.05, 0) is 19.1 Å². The Bertz CT molecular complexity index is 476. The molecule has 0 spiro atoms. The van der Waals surface area contributed by atoms with E-state index in [1.54, 1.807) is 12.1 Å². The fraction of sp³-hybridized carbons (Fsp3) is 0.364. The van der Waals surface area contributed by atoms with Crippen LogP contribution >= 0.6 is 0 Å². The molecule has 0 aromatic heterocycles. The number of anilines is 1. The molecule has 1 aliphatic heterocycles. The third-order valence-corrected chi connectivity index (χ3v) is 2.88. The molecule has 2 rings (SSSR count). The number of hydrogen-bond donors (Lipinski definition) is 2. The summed E-state index contributed by atoms with van der Waals surface area (Å²) in [7, 11) is 0. The van der Waals surface area contributed by atoms with Crippen LogP contribution in [0.5, 0.6) is 0 Å². The van der Waals surface area contributed by atoms with Gasteiger partial charge in [0.05, 0.1) is 0 Å². The highest BCUT2D eigenvalue weighted by Crippen LogP contribution is 2.43. The molecule has 1 atom stereocenters. The van der Waals surface area contributed by atoms with Gasteiger partial charge in [0, 0.05) is 11.3 Å². The van der Waals surface area contributed by atoms with Crippen molar-refractivity contribution in [3.05, 3.63) is 29.8 Å². The maximum Gasteiger partial charge on any atom is 0.310 e. The van der Waals surface area contributed by atoms with Crippen molar-refractivity contribution in [2.24, 2.45) is 10.7 Å². The summed E-state index contributed by atoms with van der Waals surface area (Å²) >= 11 is 0. The Balaban J connectivity index is 2.51. The number of ether oxygens (including phenoxy) is 1. The number of rotatable bonds is 1. The normalized spacial score (nSPS) is 27.1. The molecule has 1 aliphatic rings. The first kappa shape index (κ1) is 11.6. The summed E-state index contributed by atoms with van der Waals surface area (Å²) in [4.78, 5) is 3.42. The smallest absolute Gasteiger partial charge is 0.310 e. The topological polar surface area (TPSA) is 73.6 Å². The molecule has 1 aromatic rings. The molecular weight excluding hydrogens is 228 g/mol. The Morgan fingerprint density at radius 1 is 1.35 bits per heavy atom. The van der Waals surface area contributed by atoms with Crippen molar-refractivity contribution in [2.45, 2.75) is 18.4 Å². The molecule has 4 N–H and O–H groups in total. The molecule has 0 unspecified atom stereocenters. The molecule has 0 saturated heterocycles. The van der Waals surface area contributed by atoms with Crippen molar-refractivity contribution in [1.29, 1.82) is 0 Å². The molecule has 6 heteroatoms. The van der Waals surface area contributed by atoms with E-state index in [0.29, 0.717) is 5.69 Å². The average Bonchev–Trinajstić information content (AvgIpc) is 2.25. The Kier molecular flexibility index (Phi) is 2.45. The zero-order valence-electron chi connectivity index (χ0n) is 9.28. The van der Waals surface area contributed by atoms with Gasteiger partial charge in [-0.3, -0.25) is 0 Å². The summed E-state index contributed by atoms with van der Waals surface area (Å²) in [5, 5.41) is 0. The van der Waals surface area contributed by atoms with Gasteiger partial charge in [-0.1, -0.05) is 12.1 Å². The molecule has 1 aromatic carbocycles. The van der Waals surface area contributed by atoms with Crippen molar-refractivity contribution < 1.29 is 13.5 Å². The Morgan fingerprint density at radius 2 is 2.06 bits per heavy atom. The van der Waals surface area contributed by atoms with E-state index in [-0.39, 0.29) is 11.6 Å². The van der Waals surface area contributed by atoms with Crippen LogP contribution in [-0.4, -0.2) is 18.5 Å². The first-order chi connectivity index (χ1) is 7.85. The van der Waals surface area contributed by atoms with Crippen molar-refractivity contribution in [3.63, 3.8) is 0 Å². The number of aliphatic imine (C=N–C) groups is 1. The molecule has 0 fully saturated rings. The summed E-state index contributed by atoms with van der Waals surface area (Å²) in [5.74, 6) is -3.14. The highest BCUT2D eigenvalue weighted by atomic mass is 19.3. The van der Waals surface area contributed by atoms with Crippen LogP contribution in [0.4, 0.5) is 14.5 Å². The second-order valence-corrected chi connectivity index (χ2v) is 4.12. The average molecular weight is 241 g/mol. The Hall–Kier alpha value is -1.85. The van der Waals surface area contributed by atoms with Gasteiger partial charge >= 0.3 is 5.92 Å². The van der Waals surface area contributed by atoms with Crippen LogP contribution in [0.15, 0.2) is 29.3 Å². The summed E-state index contributed by atoms with van der Waals surface area (Å²) in [6.45, 7) is 0.591. The summed E-state index contributed by atoms with van der Waals surface area (Å²) < 4.78 is 32.9. The van der Waals surface area contributed by atoms with Crippen molar-refractivity contribution in [2.75, 3.05) is 12.3 Å². The van der Waals surface area contributed by atoms with Crippen LogP contribution < -0.4 is 11.5 Å². The van der Waals surface area contributed by atoms with E-state index in [1.807, 2.05) is 0 Å². The summed E-state index contributed by atoms with van der Waals surface area (Å²) in [6.07, 6.45) is 0. The van der Waals surface area contributed by atoms with Crippen LogP contribution in [0.3, 0.4) is 0 Å². The molecule has 92 valence electrons. The fourth-order valence-corrected chi connectivity index (χ4v) is 1.75. The Morgan fingerprint density at radius 3 is 2.71 bits per heavy atom. The lowest BCUT2D eigenvalue weighted by Gasteiger charge is -2.39. The molecule has 0 saturated carbocycles. The largest absolute Gasteiger partial charge is 0.448 e. The number of benzene rings is 1. The molecule has 0 amide bonds. The number of halogens is 2. The molecule has 1 heterocycles. The van der Waals surface area contributed by atoms with Crippen LogP contribution in [0.25, 0.3) is 0 Å². The van der Waals surface area contributed by atoms with E-state index in [2.05, 4.69) is 4.99 Å². The molecule has 4 nitrogen and oxygen atoms in total. The van der Waals surface area contributed by atoms with E-state index < -0.39 is 18.1 Å². The predicted octanol–water partition coefficient (Wildman–Crippen LogP) is 1.46. The molecular formula is C11H13F2N3O. The zero-order chi connectivity index (χ0) is 12.7. The second kappa shape index (κ2) is 3.58. The zero-order valence-corrected chi connectivity index (χ0v) is 9.28. The molecule has 0 aliphatic carbocycles. The highest BCUT2D eigenvalue weighted by molar-refractivity contribution is 5.73. The molecule has 17 heavy (non-hydrogen) atoms. The Labute approximate surface area is 97.3 Å². The number of amidine groups is 1.